The SMILES string of the molecule is CC(C)(C(=O)O)c1cc(F)c([N+](=O)[O-])cc1F. The van der Waals surface area contributed by atoms with E-state index in [4.69, 9.17) is 5.11 Å². The number of benzene rings is 1. The quantitative estimate of drug-likeness (QED) is 0.654. The van der Waals surface area contributed by atoms with Crippen molar-refractivity contribution in [2.75, 3.05) is 0 Å². The smallest absolute Gasteiger partial charge is 0.313 e. The maximum atomic E-state index is 13.5. The largest absolute Gasteiger partial charge is 0.481 e. The topological polar surface area (TPSA) is 80.4 Å². The molecule has 0 heterocycles. The van der Waals surface area contributed by atoms with E-state index in [1.165, 1.54) is 13.8 Å². The summed E-state index contributed by atoms with van der Waals surface area (Å²) in [6, 6.07) is 0.928. The van der Waals surface area contributed by atoms with E-state index in [2.05, 4.69) is 0 Å². The molecule has 1 aromatic carbocycles. The maximum Gasteiger partial charge on any atom is 0.313 e. The Kier molecular flexibility index (Phi) is 3.12. The van der Waals surface area contributed by atoms with Gasteiger partial charge in [-0.2, -0.15) is 4.39 Å². The van der Waals surface area contributed by atoms with Crippen molar-refractivity contribution in [3.05, 3.63) is 39.4 Å². The number of nitro benzene ring substituents is 1. The lowest BCUT2D eigenvalue weighted by Crippen LogP contribution is -2.30. The van der Waals surface area contributed by atoms with Crippen LogP contribution in [0.2, 0.25) is 0 Å². The Balaban J connectivity index is 3.45. The summed E-state index contributed by atoms with van der Waals surface area (Å²) in [6.07, 6.45) is 0. The van der Waals surface area contributed by atoms with E-state index in [-0.39, 0.29) is 0 Å². The molecule has 5 nitrogen and oxygen atoms in total. The molecule has 1 aromatic rings. The zero-order chi connectivity index (χ0) is 13.4. The predicted octanol–water partition coefficient (Wildman–Crippen LogP) is 2.24. The molecule has 0 saturated heterocycles. The molecular weight excluding hydrogens is 236 g/mol. The zero-order valence-electron chi connectivity index (χ0n) is 9.03. The summed E-state index contributed by atoms with van der Waals surface area (Å²) in [6.45, 7) is 2.36. The molecule has 0 spiro atoms. The fourth-order valence-electron chi connectivity index (χ4n) is 1.27. The van der Waals surface area contributed by atoms with Gasteiger partial charge in [0.25, 0.3) is 0 Å². The molecule has 92 valence electrons. The van der Waals surface area contributed by atoms with E-state index in [0.717, 1.165) is 0 Å². The van der Waals surface area contributed by atoms with Gasteiger partial charge in [0, 0.05) is 5.56 Å². The van der Waals surface area contributed by atoms with Crippen LogP contribution in [-0.4, -0.2) is 16.0 Å². The maximum absolute atomic E-state index is 13.5. The molecule has 0 aliphatic carbocycles. The number of rotatable bonds is 3. The highest BCUT2D eigenvalue weighted by Crippen LogP contribution is 2.30. The first-order chi connectivity index (χ1) is 7.67. The third kappa shape index (κ3) is 2.22. The molecule has 0 fully saturated rings. The van der Waals surface area contributed by atoms with Gasteiger partial charge in [-0.1, -0.05) is 0 Å². The van der Waals surface area contributed by atoms with Gasteiger partial charge in [-0.25, -0.2) is 4.39 Å². The number of halogens is 2. The Morgan fingerprint density at radius 1 is 1.35 bits per heavy atom. The molecule has 1 rings (SSSR count). The number of nitro groups is 1. The molecule has 1 N–H and O–H groups in total. The van der Waals surface area contributed by atoms with Crippen LogP contribution in [-0.2, 0) is 10.2 Å². The van der Waals surface area contributed by atoms with Crippen molar-refractivity contribution in [2.24, 2.45) is 0 Å². The molecule has 0 atom stereocenters. The van der Waals surface area contributed by atoms with E-state index in [1.807, 2.05) is 0 Å². The fraction of sp³-hybridized carbons (Fsp3) is 0.300. The van der Waals surface area contributed by atoms with Gasteiger partial charge in [0.2, 0.25) is 5.82 Å². The summed E-state index contributed by atoms with van der Waals surface area (Å²) < 4.78 is 26.8. The van der Waals surface area contributed by atoms with Crippen molar-refractivity contribution < 1.29 is 23.6 Å². The van der Waals surface area contributed by atoms with Crippen LogP contribution in [0.25, 0.3) is 0 Å². The van der Waals surface area contributed by atoms with Gasteiger partial charge in [0.05, 0.1) is 16.4 Å². The average molecular weight is 245 g/mol. The van der Waals surface area contributed by atoms with Crippen molar-refractivity contribution in [3.63, 3.8) is 0 Å². The van der Waals surface area contributed by atoms with Crippen LogP contribution in [0, 0.1) is 21.7 Å². The van der Waals surface area contributed by atoms with Gasteiger partial charge in [0.1, 0.15) is 5.82 Å². The summed E-state index contributed by atoms with van der Waals surface area (Å²) >= 11 is 0. The van der Waals surface area contributed by atoms with Crippen LogP contribution >= 0.6 is 0 Å². The number of carboxylic acid groups (broad SMARTS) is 1. The molecule has 0 aromatic heterocycles. The van der Waals surface area contributed by atoms with E-state index in [0.29, 0.717) is 12.1 Å². The van der Waals surface area contributed by atoms with E-state index < -0.39 is 39.2 Å². The monoisotopic (exact) mass is 245 g/mol. The van der Waals surface area contributed by atoms with Crippen molar-refractivity contribution >= 4 is 11.7 Å². The highest BCUT2D eigenvalue weighted by molar-refractivity contribution is 5.80. The molecule has 0 unspecified atom stereocenters. The summed E-state index contributed by atoms with van der Waals surface area (Å²) in [5, 5.41) is 19.2. The minimum atomic E-state index is -1.67. The van der Waals surface area contributed by atoms with Gasteiger partial charge >= 0.3 is 11.7 Å². The zero-order valence-corrected chi connectivity index (χ0v) is 9.03. The summed E-state index contributed by atoms with van der Waals surface area (Å²) in [4.78, 5) is 20.2. The van der Waals surface area contributed by atoms with Gasteiger partial charge in [-0.3, -0.25) is 14.9 Å². The van der Waals surface area contributed by atoms with Gasteiger partial charge in [-0.05, 0) is 19.9 Å². The number of nitrogens with zero attached hydrogens (tertiary/aromatic N) is 1. The minimum absolute atomic E-state index is 0.384. The van der Waals surface area contributed by atoms with Crippen LogP contribution in [0.1, 0.15) is 19.4 Å². The Morgan fingerprint density at radius 2 is 1.88 bits per heavy atom. The number of carbonyl (C=O) groups is 1. The van der Waals surface area contributed by atoms with Gasteiger partial charge in [-0.15, -0.1) is 0 Å². The lowest BCUT2D eigenvalue weighted by atomic mass is 9.84. The van der Waals surface area contributed by atoms with Gasteiger partial charge < -0.3 is 5.11 Å². The molecule has 0 amide bonds. The Bertz CT molecular complexity index is 499. The molecule has 0 aliphatic rings. The minimum Gasteiger partial charge on any atom is -0.481 e. The van der Waals surface area contributed by atoms with Crippen molar-refractivity contribution in [1.29, 1.82) is 0 Å². The molecule has 0 radical (unpaired) electrons. The van der Waals surface area contributed by atoms with Crippen molar-refractivity contribution in [1.82, 2.24) is 0 Å². The lowest BCUT2D eigenvalue weighted by Gasteiger charge is -2.20. The van der Waals surface area contributed by atoms with Crippen LogP contribution in [0.4, 0.5) is 14.5 Å². The van der Waals surface area contributed by atoms with Gasteiger partial charge in [0.15, 0.2) is 0 Å². The van der Waals surface area contributed by atoms with Crippen LogP contribution in [0.3, 0.4) is 0 Å². The normalized spacial score (nSPS) is 11.3. The second-order valence-corrected chi connectivity index (χ2v) is 3.97. The second-order valence-electron chi connectivity index (χ2n) is 3.97. The first-order valence-electron chi connectivity index (χ1n) is 4.55. The van der Waals surface area contributed by atoms with Crippen LogP contribution < -0.4 is 0 Å². The molecule has 0 aliphatic heterocycles. The Labute approximate surface area is 94.8 Å². The number of carboxylic acids is 1. The van der Waals surface area contributed by atoms with E-state index >= 15 is 0 Å². The third-order valence-electron chi connectivity index (χ3n) is 2.44. The van der Waals surface area contributed by atoms with E-state index in [9.17, 15) is 23.7 Å². The second kappa shape index (κ2) is 4.08. The Morgan fingerprint density at radius 3 is 2.29 bits per heavy atom. The first kappa shape index (κ1) is 13.0. The van der Waals surface area contributed by atoms with Crippen molar-refractivity contribution in [2.45, 2.75) is 19.3 Å². The van der Waals surface area contributed by atoms with Crippen LogP contribution in [0.15, 0.2) is 12.1 Å². The summed E-state index contributed by atoms with van der Waals surface area (Å²) in [5.41, 5.74) is -3.12. The van der Waals surface area contributed by atoms with Crippen LogP contribution in [0.5, 0.6) is 0 Å². The fourth-order valence-corrected chi connectivity index (χ4v) is 1.27. The number of aliphatic carboxylic acids is 1. The average Bonchev–Trinajstić information content (AvgIpc) is 2.20. The molecular formula is C10H9F2NO4. The molecule has 17 heavy (non-hydrogen) atoms. The molecule has 0 bridgehead atoms. The third-order valence-corrected chi connectivity index (χ3v) is 2.44. The predicted molar refractivity (Wildman–Crippen MR) is 53.7 cm³/mol. The summed E-state index contributed by atoms with van der Waals surface area (Å²) in [5.74, 6) is -3.74. The first-order valence-corrected chi connectivity index (χ1v) is 4.55. The molecule has 0 saturated carbocycles. The standard InChI is InChI=1S/C10H9F2NO4/c1-10(2,9(14)15)5-3-7(12)8(13(16)17)4-6(5)11/h3-4H,1-2H3,(H,14,15). The Hall–Kier alpha value is -2.05. The highest BCUT2D eigenvalue weighted by Gasteiger charge is 2.34. The highest BCUT2D eigenvalue weighted by atomic mass is 19.1. The number of hydrogen-bond donors (Lipinski definition) is 1. The van der Waals surface area contributed by atoms with Crippen molar-refractivity contribution in [3.8, 4) is 0 Å². The number of hydrogen-bond acceptors (Lipinski definition) is 3. The molecule has 7 heteroatoms. The van der Waals surface area contributed by atoms with E-state index in [1.54, 1.807) is 0 Å². The lowest BCUT2D eigenvalue weighted by molar-refractivity contribution is -0.387. The summed E-state index contributed by atoms with van der Waals surface area (Å²) in [7, 11) is 0.